The number of rotatable bonds is 7. The molecule has 4 aromatic rings. The van der Waals surface area contributed by atoms with Crippen LogP contribution in [0.2, 0.25) is 0 Å². The summed E-state index contributed by atoms with van der Waals surface area (Å²) >= 11 is 0. The van der Waals surface area contributed by atoms with Gasteiger partial charge in [-0.3, -0.25) is 9.59 Å². The summed E-state index contributed by atoms with van der Waals surface area (Å²) in [5.74, 6) is 1.13. The van der Waals surface area contributed by atoms with E-state index in [0.29, 0.717) is 55.6 Å². The molecule has 7 rings (SSSR count). The number of terminal acetylenes is 1. The summed E-state index contributed by atoms with van der Waals surface area (Å²) in [6.45, 7) is 10.8. The summed E-state index contributed by atoms with van der Waals surface area (Å²) in [6.07, 6.45) is 10.7. The Bertz CT molecular complexity index is 2230. The van der Waals surface area contributed by atoms with Crippen molar-refractivity contribution in [1.29, 1.82) is 0 Å². The van der Waals surface area contributed by atoms with Crippen molar-refractivity contribution in [2.75, 3.05) is 0 Å². The van der Waals surface area contributed by atoms with Gasteiger partial charge in [0.1, 0.15) is 0 Å². The van der Waals surface area contributed by atoms with Crippen LogP contribution in [0.5, 0.6) is 0 Å². The number of esters is 2. The van der Waals surface area contributed by atoms with E-state index in [2.05, 4.69) is 19.1 Å². The molecule has 0 amide bonds. The first-order valence-corrected chi connectivity index (χ1v) is 17.3. The summed E-state index contributed by atoms with van der Waals surface area (Å²) in [7, 11) is 0. The quantitative estimate of drug-likeness (QED) is 0.111. The molecular formula is C45H38O6. The van der Waals surface area contributed by atoms with E-state index in [4.69, 9.17) is 15.9 Å². The molecular weight excluding hydrogens is 636 g/mol. The number of ketones is 2. The van der Waals surface area contributed by atoms with Crippen molar-refractivity contribution in [1.82, 2.24) is 0 Å². The Morgan fingerprint density at radius 3 is 1.88 bits per heavy atom. The van der Waals surface area contributed by atoms with Gasteiger partial charge in [0.25, 0.3) is 0 Å². The largest absolute Gasteiger partial charge is 0.446 e. The summed E-state index contributed by atoms with van der Waals surface area (Å²) in [6, 6.07) is 25.4. The number of carbonyl (C=O) groups excluding carboxylic acids is 4. The van der Waals surface area contributed by atoms with Gasteiger partial charge < -0.3 is 9.47 Å². The molecule has 6 heteroatoms. The normalized spacial score (nSPS) is 20.5. The lowest BCUT2D eigenvalue weighted by Gasteiger charge is -2.46. The molecule has 4 aromatic carbocycles. The van der Waals surface area contributed by atoms with Crippen LogP contribution in [0.4, 0.5) is 0 Å². The molecule has 0 heterocycles. The molecule has 51 heavy (non-hydrogen) atoms. The first kappa shape index (κ1) is 33.7. The molecule has 0 radical (unpaired) electrons. The zero-order valence-corrected chi connectivity index (χ0v) is 28.8. The fourth-order valence-corrected chi connectivity index (χ4v) is 8.21. The van der Waals surface area contributed by atoms with Gasteiger partial charge in [0.15, 0.2) is 22.8 Å². The van der Waals surface area contributed by atoms with E-state index in [0.717, 1.165) is 32.1 Å². The topological polar surface area (TPSA) is 86.7 Å². The molecule has 0 aromatic heterocycles. The van der Waals surface area contributed by atoms with Gasteiger partial charge in [-0.05, 0) is 56.0 Å². The third-order valence-electron chi connectivity index (χ3n) is 10.6. The van der Waals surface area contributed by atoms with Gasteiger partial charge in [0.05, 0.1) is 6.42 Å². The first-order chi connectivity index (χ1) is 24.5. The van der Waals surface area contributed by atoms with Crippen LogP contribution in [0, 0.1) is 18.3 Å². The van der Waals surface area contributed by atoms with Crippen LogP contribution in [-0.2, 0) is 30.3 Å². The summed E-state index contributed by atoms with van der Waals surface area (Å²) in [4.78, 5) is 54.9. The molecule has 2 unspecified atom stereocenters. The van der Waals surface area contributed by atoms with Crippen LogP contribution >= 0.6 is 0 Å². The minimum Gasteiger partial charge on any atom is -0.446 e. The molecule has 1 saturated carbocycles. The Hall–Kier alpha value is -5.80. The second-order valence-electron chi connectivity index (χ2n) is 13.9. The second-order valence-corrected chi connectivity index (χ2v) is 13.9. The van der Waals surface area contributed by atoms with Crippen molar-refractivity contribution in [2.24, 2.45) is 5.92 Å². The summed E-state index contributed by atoms with van der Waals surface area (Å²) in [5.41, 5.74) is 3.23. The van der Waals surface area contributed by atoms with E-state index in [1.54, 1.807) is 50.2 Å². The average Bonchev–Trinajstić information content (AvgIpc) is 3.15. The Morgan fingerprint density at radius 1 is 0.686 bits per heavy atom. The minimum absolute atomic E-state index is 0.0236. The van der Waals surface area contributed by atoms with Gasteiger partial charge in [-0.2, -0.15) is 0 Å². The zero-order valence-electron chi connectivity index (χ0n) is 28.8. The van der Waals surface area contributed by atoms with E-state index in [9.17, 15) is 19.2 Å². The minimum atomic E-state index is -1.46. The van der Waals surface area contributed by atoms with Crippen molar-refractivity contribution in [3.05, 3.63) is 154 Å². The molecule has 0 N–H and O–H groups in total. The third kappa shape index (κ3) is 5.27. The maximum atomic E-state index is 14.4. The van der Waals surface area contributed by atoms with Crippen molar-refractivity contribution in [2.45, 2.75) is 63.6 Å². The lowest BCUT2D eigenvalue weighted by molar-refractivity contribution is -0.159. The Morgan fingerprint density at radius 2 is 1.22 bits per heavy atom. The van der Waals surface area contributed by atoms with Gasteiger partial charge in [-0.25, -0.2) is 9.59 Å². The second kappa shape index (κ2) is 12.8. The molecule has 254 valence electrons. The van der Waals surface area contributed by atoms with E-state index < -0.39 is 23.1 Å². The first-order valence-electron chi connectivity index (χ1n) is 17.3. The summed E-state index contributed by atoms with van der Waals surface area (Å²) in [5, 5.41) is 0. The van der Waals surface area contributed by atoms with Crippen molar-refractivity contribution < 1.29 is 28.7 Å². The van der Waals surface area contributed by atoms with Crippen LogP contribution < -0.4 is 0 Å². The van der Waals surface area contributed by atoms with Crippen LogP contribution in [0.25, 0.3) is 11.1 Å². The van der Waals surface area contributed by atoms with E-state index in [1.165, 1.54) is 0 Å². The van der Waals surface area contributed by atoms with Gasteiger partial charge >= 0.3 is 11.9 Å². The van der Waals surface area contributed by atoms with Gasteiger partial charge in [0.2, 0.25) is 0 Å². The van der Waals surface area contributed by atoms with Crippen LogP contribution in [0.1, 0.15) is 106 Å². The molecule has 0 saturated heterocycles. The highest BCUT2D eigenvalue weighted by atomic mass is 16.6. The molecule has 3 aliphatic rings. The average molecular weight is 675 g/mol. The smallest absolute Gasteiger partial charge is 0.334 e. The number of carbonyl (C=O) groups is 4. The maximum Gasteiger partial charge on any atom is 0.334 e. The van der Waals surface area contributed by atoms with Gasteiger partial charge in [-0.1, -0.05) is 99.2 Å². The number of hydrogen-bond donors (Lipinski definition) is 0. The highest BCUT2D eigenvalue weighted by Crippen LogP contribution is 2.53. The molecule has 3 aliphatic carbocycles. The van der Waals surface area contributed by atoms with Crippen LogP contribution in [-0.4, -0.2) is 23.5 Å². The van der Waals surface area contributed by atoms with Crippen LogP contribution in [0.15, 0.2) is 109 Å². The predicted molar refractivity (Wildman–Crippen MR) is 195 cm³/mol. The highest BCUT2D eigenvalue weighted by Gasteiger charge is 2.52. The Labute approximate surface area is 298 Å². The van der Waals surface area contributed by atoms with Crippen molar-refractivity contribution in [3.63, 3.8) is 0 Å². The predicted octanol–water partition coefficient (Wildman–Crippen LogP) is 8.77. The maximum absolute atomic E-state index is 14.4. The monoisotopic (exact) mass is 674 g/mol. The molecule has 0 bridgehead atoms. The van der Waals surface area contributed by atoms with Crippen molar-refractivity contribution >= 4 is 23.5 Å². The van der Waals surface area contributed by atoms with Crippen LogP contribution in [0.3, 0.4) is 0 Å². The van der Waals surface area contributed by atoms with E-state index >= 15 is 0 Å². The Kier molecular flexibility index (Phi) is 8.47. The SMILES string of the molecule is C#CCC1(OC(=O)C(=C)C)c2ccccc2C(=O)c2ccc(-c3ccc4c(c3)C(=O)c3ccccc3C4(OC(=O)C(=C)C)C3CCCCC3)cc21. The highest BCUT2D eigenvalue weighted by molar-refractivity contribution is 6.15. The fourth-order valence-electron chi connectivity index (χ4n) is 8.21. The lowest BCUT2D eigenvalue weighted by Crippen LogP contribution is -2.46. The molecule has 1 fully saturated rings. The van der Waals surface area contributed by atoms with E-state index in [-0.39, 0.29) is 35.1 Å². The summed E-state index contributed by atoms with van der Waals surface area (Å²) < 4.78 is 12.8. The lowest BCUT2D eigenvalue weighted by atomic mass is 9.64. The zero-order chi connectivity index (χ0) is 36.1. The van der Waals surface area contributed by atoms with Gasteiger partial charge in [-0.15, -0.1) is 12.3 Å². The van der Waals surface area contributed by atoms with Crippen molar-refractivity contribution in [3.8, 4) is 23.5 Å². The molecule has 0 spiro atoms. The number of hydrogen-bond acceptors (Lipinski definition) is 6. The number of benzene rings is 4. The number of fused-ring (bicyclic) bond motifs is 4. The molecule has 2 atom stereocenters. The Balaban J connectivity index is 1.44. The van der Waals surface area contributed by atoms with E-state index in [1.807, 2.05) is 48.5 Å². The molecule has 0 aliphatic heterocycles. The standard InChI is InChI=1S/C45H38O6/c1-6-24-44(50-42(48)27(2)3)36-18-12-10-16-32(36)40(46)34-22-20-30(26-39(34)44)29-21-23-38-35(25-29)41(47)33-17-11-13-19-37(33)45(38,51-43(49)28(4)5)31-14-8-7-9-15-31/h1,10-13,16-23,25-26,31H,2,4,7-9,14-15,24H2,3,5H3. The molecule has 6 nitrogen and oxygen atoms in total. The fraction of sp³-hybridized carbons (Fsp3) is 0.244. The van der Waals surface area contributed by atoms with Gasteiger partial charge in [0, 0.05) is 61.6 Å². The third-order valence-corrected chi connectivity index (χ3v) is 10.6. The number of ether oxygens (including phenoxy) is 2.